The molecule has 0 radical (unpaired) electrons. The van der Waals surface area contributed by atoms with E-state index in [1.807, 2.05) is 48.7 Å². The van der Waals surface area contributed by atoms with E-state index in [0.29, 0.717) is 5.56 Å². The van der Waals surface area contributed by atoms with Crippen LogP contribution < -0.4 is 0 Å². The van der Waals surface area contributed by atoms with Crippen molar-refractivity contribution in [3.8, 4) is 34.1 Å². The number of phenolic OH excluding ortho intramolecular Hbond substituents is 1. The third kappa shape index (κ3) is 3.23. The molecule has 4 nitrogen and oxygen atoms in total. The molecule has 170 valence electrons. The second kappa shape index (κ2) is 8.07. The van der Waals surface area contributed by atoms with Crippen LogP contribution in [0.2, 0.25) is 0 Å². The number of pyridine rings is 2. The van der Waals surface area contributed by atoms with E-state index in [2.05, 4.69) is 71.3 Å². The molecular weight excluding hydrogens is 442 g/mol. The molecule has 0 atom stereocenters. The van der Waals surface area contributed by atoms with Crippen LogP contribution in [0.15, 0.2) is 121 Å². The van der Waals surface area contributed by atoms with Gasteiger partial charge < -0.3 is 5.11 Å². The largest absolute Gasteiger partial charge is 0.507 e. The van der Waals surface area contributed by atoms with Gasteiger partial charge >= 0.3 is 0 Å². The Balaban J connectivity index is 1.47. The molecule has 1 N–H and O–H groups in total. The molecule has 0 aliphatic carbocycles. The number of aromatic nitrogens is 3. The zero-order valence-electron chi connectivity index (χ0n) is 19.3. The zero-order chi connectivity index (χ0) is 24.1. The molecule has 0 aliphatic rings. The summed E-state index contributed by atoms with van der Waals surface area (Å²) in [5, 5.41) is 15.0. The Bertz CT molecular complexity index is 1920. The number of hydrogen-bond acceptors (Lipinski definition) is 3. The monoisotopic (exact) mass is 463 g/mol. The second-order valence-electron chi connectivity index (χ2n) is 8.90. The van der Waals surface area contributed by atoms with Gasteiger partial charge in [-0.05, 0) is 47.9 Å². The third-order valence-corrected chi connectivity index (χ3v) is 6.74. The topological polar surface area (TPSA) is 50.9 Å². The van der Waals surface area contributed by atoms with Crippen molar-refractivity contribution in [3.05, 3.63) is 121 Å². The summed E-state index contributed by atoms with van der Waals surface area (Å²) in [5.74, 6) is 1.01. The molecular formula is C32H21N3O. The molecule has 36 heavy (non-hydrogen) atoms. The number of phenols is 1. The van der Waals surface area contributed by atoms with E-state index in [1.54, 1.807) is 6.07 Å². The standard InChI is InChI=1S/C32H21N3O/c36-31-14-6-4-11-26(31)27-12-7-15-32(34-27)35-29-13-5-3-10-24(29)25-17-16-22(19-30(25)35)28-18-21-8-1-2-9-23(21)20-33-28/h1-20,36H. The Morgan fingerprint density at radius 3 is 2.28 bits per heavy atom. The SMILES string of the molecule is Oc1ccccc1-c1cccc(-n2c3ccccc3c3ccc(-c4cc5ccccc5cn4)cc32)n1. The minimum absolute atomic E-state index is 0.217. The van der Waals surface area contributed by atoms with E-state index in [-0.39, 0.29) is 5.75 Å². The van der Waals surface area contributed by atoms with Gasteiger partial charge in [-0.2, -0.15) is 0 Å². The van der Waals surface area contributed by atoms with Crippen molar-refractivity contribution in [1.29, 1.82) is 0 Å². The van der Waals surface area contributed by atoms with Crippen LogP contribution >= 0.6 is 0 Å². The van der Waals surface area contributed by atoms with Gasteiger partial charge in [-0.3, -0.25) is 9.55 Å². The minimum atomic E-state index is 0.217. The Morgan fingerprint density at radius 1 is 0.583 bits per heavy atom. The zero-order valence-corrected chi connectivity index (χ0v) is 19.3. The van der Waals surface area contributed by atoms with Gasteiger partial charge in [0, 0.05) is 33.5 Å². The van der Waals surface area contributed by atoms with Crippen LogP contribution in [0, 0.1) is 0 Å². The lowest BCUT2D eigenvalue weighted by Crippen LogP contribution is -1.98. The van der Waals surface area contributed by atoms with Crippen LogP contribution in [-0.2, 0) is 0 Å². The molecule has 4 heteroatoms. The highest BCUT2D eigenvalue weighted by molar-refractivity contribution is 6.10. The highest BCUT2D eigenvalue weighted by Crippen LogP contribution is 2.35. The molecule has 3 aromatic heterocycles. The van der Waals surface area contributed by atoms with Crippen molar-refractivity contribution in [2.75, 3.05) is 0 Å². The third-order valence-electron chi connectivity index (χ3n) is 6.74. The number of benzene rings is 4. The van der Waals surface area contributed by atoms with Crippen LogP contribution in [0.4, 0.5) is 0 Å². The highest BCUT2D eigenvalue weighted by Gasteiger charge is 2.15. The molecule has 0 fully saturated rings. The number of para-hydroxylation sites is 2. The first-order valence-corrected chi connectivity index (χ1v) is 11.9. The molecule has 0 unspecified atom stereocenters. The summed E-state index contributed by atoms with van der Waals surface area (Å²) in [7, 11) is 0. The van der Waals surface area contributed by atoms with E-state index in [1.165, 1.54) is 10.8 Å². The first-order valence-electron chi connectivity index (χ1n) is 11.9. The molecule has 0 spiro atoms. The van der Waals surface area contributed by atoms with Crippen LogP contribution in [-0.4, -0.2) is 19.6 Å². The number of nitrogens with zero attached hydrogens (tertiary/aromatic N) is 3. The quantitative estimate of drug-likeness (QED) is 0.291. The average molecular weight is 464 g/mol. The Morgan fingerprint density at radius 2 is 1.36 bits per heavy atom. The Kier molecular flexibility index (Phi) is 4.57. The first-order chi connectivity index (χ1) is 17.8. The van der Waals surface area contributed by atoms with Gasteiger partial charge in [-0.15, -0.1) is 0 Å². The van der Waals surface area contributed by atoms with Crippen LogP contribution in [0.3, 0.4) is 0 Å². The molecule has 7 aromatic rings. The van der Waals surface area contributed by atoms with Crippen LogP contribution in [0.25, 0.3) is 60.9 Å². The van der Waals surface area contributed by atoms with Gasteiger partial charge in [0.25, 0.3) is 0 Å². The van der Waals surface area contributed by atoms with Crippen molar-refractivity contribution < 1.29 is 5.11 Å². The van der Waals surface area contributed by atoms with Crippen molar-refractivity contribution >= 4 is 32.6 Å². The Labute approximate surface area is 207 Å². The molecule has 0 bridgehead atoms. The van der Waals surface area contributed by atoms with Crippen molar-refractivity contribution in [2.24, 2.45) is 0 Å². The smallest absolute Gasteiger partial charge is 0.138 e. The van der Waals surface area contributed by atoms with Crippen molar-refractivity contribution in [1.82, 2.24) is 14.5 Å². The van der Waals surface area contributed by atoms with Crippen molar-refractivity contribution in [2.45, 2.75) is 0 Å². The number of fused-ring (bicyclic) bond motifs is 4. The first kappa shape index (κ1) is 20.4. The fourth-order valence-corrected chi connectivity index (χ4v) is 5.01. The maximum absolute atomic E-state index is 10.4. The molecule has 0 amide bonds. The lowest BCUT2D eigenvalue weighted by molar-refractivity contribution is 0.477. The van der Waals surface area contributed by atoms with Crippen molar-refractivity contribution in [3.63, 3.8) is 0 Å². The summed E-state index contributed by atoms with van der Waals surface area (Å²) in [6, 6.07) is 38.5. The summed E-state index contributed by atoms with van der Waals surface area (Å²) >= 11 is 0. The molecule has 0 aliphatic heterocycles. The maximum Gasteiger partial charge on any atom is 0.138 e. The van der Waals surface area contributed by atoms with Crippen LogP contribution in [0.1, 0.15) is 0 Å². The summed E-state index contributed by atoms with van der Waals surface area (Å²) in [6.07, 6.45) is 1.93. The predicted molar refractivity (Wildman–Crippen MR) is 146 cm³/mol. The molecule has 0 saturated heterocycles. The molecule has 4 aromatic carbocycles. The van der Waals surface area contributed by atoms with Gasteiger partial charge in [0.05, 0.1) is 22.4 Å². The minimum Gasteiger partial charge on any atom is -0.507 e. The van der Waals surface area contributed by atoms with Crippen LogP contribution in [0.5, 0.6) is 5.75 Å². The molecule has 0 saturated carbocycles. The Hall–Kier alpha value is -4.96. The number of rotatable bonds is 3. The van der Waals surface area contributed by atoms with E-state index >= 15 is 0 Å². The van der Waals surface area contributed by atoms with Gasteiger partial charge in [-0.1, -0.05) is 72.8 Å². The molecule has 3 heterocycles. The lowest BCUT2D eigenvalue weighted by Gasteiger charge is -2.11. The van der Waals surface area contributed by atoms with Gasteiger partial charge in [-0.25, -0.2) is 4.98 Å². The summed E-state index contributed by atoms with van der Waals surface area (Å²) in [6.45, 7) is 0. The van der Waals surface area contributed by atoms with Gasteiger partial charge in [0.15, 0.2) is 0 Å². The maximum atomic E-state index is 10.4. The second-order valence-corrected chi connectivity index (χ2v) is 8.90. The predicted octanol–water partition coefficient (Wildman–Crippen LogP) is 7.77. The fourth-order valence-electron chi connectivity index (χ4n) is 5.01. The fraction of sp³-hybridized carbons (Fsp3) is 0. The van der Waals surface area contributed by atoms with E-state index in [9.17, 15) is 5.11 Å². The van der Waals surface area contributed by atoms with E-state index < -0.39 is 0 Å². The number of aromatic hydroxyl groups is 1. The summed E-state index contributed by atoms with van der Waals surface area (Å²) in [5.41, 5.74) is 5.56. The highest BCUT2D eigenvalue weighted by atomic mass is 16.3. The normalized spacial score (nSPS) is 11.4. The van der Waals surface area contributed by atoms with E-state index in [4.69, 9.17) is 9.97 Å². The summed E-state index contributed by atoms with van der Waals surface area (Å²) < 4.78 is 2.19. The average Bonchev–Trinajstić information content (AvgIpc) is 3.27. The van der Waals surface area contributed by atoms with Gasteiger partial charge in [0.1, 0.15) is 11.6 Å². The lowest BCUT2D eigenvalue weighted by atomic mass is 10.1. The molecule has 7 rings (SSSR count). The summed E-state index contributed by atoms with van der Waals surface area (Å²) in [4.78, 5) is 9.73. The van der Waals surface area contributed by atoms with Gasteiger partial charge in [0.2, 0.25) is 0 Å². The number of hydrogen-bond donors (Lipinski definition) is 1. The van der Waals surface area contributed by atoms with E-state index in [0.717, 1.165) is 44.6 Å².